The maximum absolute atomic E-state index is 13.3. The molecule has 2 heterocycles. The average Bonchev–Trinajstić information content (AvgIpc) is 3.30. The minimum atomic E-state index is -4.05. The summed E-state index contributed by atoms with van der Waals surface area (Å²) in [4.78, 5) is 26.9. The molecule has 4 rings (SSSR count). The zero-order valence-corrected chi connectivity index (χ0v) is 23.1. The first-order valence-electron chi connectivity index (χ1n) is 12.6. The van der Waals surface area contributed by atoms with Gasteiger partial charge >= 0.3 is 5.97 Å². The summed E-state index contributed by atoms with van der Waals surface area (Å²) in [7, 11) is -2.25. The molecule has 3 atom stereocenters. The lowest BCUT2D eigenvalue weighted by Crippen LogP contribution is -2.53. The van der Waals surface area contributed by atoms with Crippen LogP contribution in [0.2, 0.25) is 0 Å². The van der Waals surface area contributed by atoms with Gasteiger partial charge in [-0.2, -0.15) is 0 Å². The molecule has 0 fully saturated rings. The number of carboxylic acids is 1. The van der Waals surface area contributed by atoms with E-state index in [4.69, 9.17) is 4.74 Å². The van der Waals surface area contributed by atoms with E-state index < -0.39 is 45.7 Å². The number of carboxylic acid groups (broad SMARTS) is 1. The van der Waals surface area contributed by atoms with E-state index in [0.29, 0.717) is 12.4 Å². The van der Waals surface area contributed by atoms with Gasteiger partial charge in [0.15, 0.2) is 0 Å². The highest BCUT2D eigenvalue weighted by atomic mass is 32.2. The van der Waals surface area contributed by atoms with Crippen molar-refractivity contribution in [3.63, 3.8) is 0 Å². The zero-order chi connectivity index (χ0) is 28.5. The number of aliphatic hydroxyl groups excluding tert-OH is 1. The molecule has 0 aromatic heterocycles. The van der Waals surface area contributed by atoms with Crippen LogP contribution in [0.1, 0.15) is 54.7 Å². The third-order valence-electron chi connectivity index (χ3n) is 7.04. The number of ether oxygens (including phenoxy) is 1. The van der Waals surface area contributed by atoms with Crippen LogP contribution in [-0.4, -0.2) is 66.9 Å². The van der Waals surface area contributed by atoms with E-state index in [1.165, 1.54) is 30.3 Å². The van der Waals surface area contributed by atoms with Crippen molar-refractivity contribution in [1.29, 1.82) is 0 Å². The van der Waals surface area contributed by atoms with Gasteiger partial charge in [-0.1, -0.05) is 19.1 Å². The van der Waals surface area contributed by atoms with Gasteiger partial charge in [-0.15, -0.1) is 0 Å². The summed E-state index contributed by atoms with van der Waals surface area (Å²) in [6.45, 7) is 5.78. The Balaban J connectivity index is 1.62. The number of aliphatic carboxylic acids is 1. The minimum absolute atomic E-state index is 0.0385. The number of aryl methyl sites for hydroxylation is 1. The van der Waals surface area contributed by atoms with E-state index in [1.807, 2.05) is 18.9 Å². The van der Waals surface area contributed by atoms with Crippen LogP contribution in [-0.2, 0) is 21.2 Å². The summed E-state index contributed by atoms with van der Waals surface area (Å²) in [5.41, 5.74) is 0.929. The molecule has 12 heteroatoms. The first kappa shape index (κ1) is 28.4. The number of carbonyl (C=O) groups is 2. The van der Waals surface area contributed by atoms with Crippen molar-refractivity contribution in [3.8, 4) is 5.75 Å². The number of nitrogens with one attached hydrogen (secondary N) is 3. The van der Waals surface area contributed by atoms with Gasteiger partial charge in [0, 0.05) is 36.5 Å². The monoisotopic (exact) mass is 558 g/mol. The van der Waals surface area contributed by atoms with Crippen molar-refractivity contribution in [2.75, 3.05) is 13.7 Å². The maximum atomic E-state index is 13.3. The number of nitrogens with zero attached hydrogens (tertiary/aromatic N) is 1. The Bertz CT molecular complexity index is 1390. The quantitative estimate of drug-likeness (QED) is 0.309. The Morgan fingerprint density at radius 3 is 2.49 bits per heavy atom. The molecule has 0 bridgehead atoms. The standard InChI is InChI=1S/C27H34N4O7S/c1-5-16-6-9-19(10-7-16)39(36,37)30-23-20-12-17(8-11-22(20)38-27(2,3)24(23)32)25(33)29-21(26(34)35)13-18-14-28-15-31(18)4/h6-12,14,21,23-24,28,30,32H,5,13,15H2,1-4H3,(H,29,33)(H,34,35)/t21-,23-,24+/m1/s1. The number of amides is 1. The molecular weight excluding hydrogens is 524 g/mol. The average molecular weight is 559 g/mol. The van der Waals surface area contributed by atoms with Crippen molar-refractivity contribution in [2.45, 2.75) is 62.3 Å². The first-order valence-corrected chi connectivity index (χ1v) is 14.1. The van der Waals surface area contributed by atoms with Gasteiger partial charge in [0.1, 0.15) is 23.5 Å². The number of fused-ring (bicyclic) bond motifs is 1. The topological polar surface area (TPSA) is 157 Å². The van der Waals surface area contributed by atoms with Gasteiger partial charge in [-0.3, -0.25) is 4.79 Å². The highest BCUT2D eigenvalue weighted by molar-refractivity contribution is 7.89. The molecule has 0 spiro atoms. The maximum Gasteiger partial charge on any atom is 0.326 e. The highest BCUT2D eigenvalue weighted by Crippen LogP contribution is 2.41. The summed E-state index contributed by atoms with van der Waals surface area (Å²) in [5, 5.41) is 26.4. The van der Waals surface area contributed by atoms with Crippen LogP contribution in [0.15, 0.2) is 59.3 Å². The van der Waals surface area contributed by atoms with Crippen LogP contribution < -0.4 is 20.1 Å². The summed E-state index contributed by atoms with van der Waals surface area (Å²) in [6.07, 6.45) is 1.24. The molecular formula is C27H34N4O7S. The molecule has 1 amide bonds. The normalized spacial score (nSPS) is 20.7. The number of benzene rings is 2. The molecule has 210 valence electrons. The molecule has 11 nitrogen and oxygen atoms in total. The molecule has 2 aliphatic rings. The molecule has 0 radical (unpaired) electrons. The molecule has 5 N–H and O–H groups in total. The van der Waals surface area contributed by atoms with Crippen molar-refractivity contribution < 1.29 is 33.0 Å². The van der Waals surface area contributed by atoms with E-state index in [-0.39, 0.29) is 22.4 Å². The molecule has 2 aliphatic heterocycles. The smallest absolute Gasteiger partial charge is 0.326 e. The summed E-state index contributed by atoms with van der Waals surface area (Å²) in [6, 6.07) is 8.53. The summed E-state index contributed by atoms with van der Waals surface area (Å²) in [5.74, 6) is -1.55. The minimum Gasteiger partial charge on any atom is -0.485 e. The first-order chi connectivity index (χ1) is 18.3. The van der Waals surface area contributed by atoms with E-state index in [2.05, 4.69) is 15.4 Å². The lowest BCUT2D eigenvalue weighted by molar-refractivity contribution is -0.139. The predicted octanol–water partition coefficient (Wildman–Crippen LogP) is 1.71. The van der Waals surface area contributed by atoms with E-state index in [1.54, 1.807) is 32.2 Å². The van der Waals surface area contributed by atoms with E-state index in [0.717, 1.165) is 17.7 Å². The molecule has 2 aromatic rings. The van der Waals surface area contributed by atoms with Gasteiger partial charge in [0.2, 0.25) is 10.0 Å². The number of hydrogen-bond acceptors (Lipinski definition) is 8. The molecule has 0 unspecified atom stereocenters. The Morgan fingerprint density at radius 1 is 1.21 bits per heavy atom. The van der Waals surface area contributed by atoms with Gasteiger partial charge in [0.05, 0.1) is 17.6 Å². The number of carbonyl (C=O) groups excluding carboxylic acids is 1. The van der Waals surface area contributed by atoms with Gasteiger partial charge in [-0.25, -0.2) is 17.9 Å². The van der Waals surface area contributed by atoms with Crippen molar-refractivity contribution in [2.24, 2.45) is 0 Å². The van der Waals surface area contributed by atoms with Crippen LogP contribution in [0.5, 0.6) is 5.75 Å². The molecule has 2 aromatic carbocycles. The lowest BCUT2D eigenvalue weighted by atomic mass is 9.86. The van der Waals surface area contributed by atoms with Crippen molar-refractivity contribution in [3.05, 3.63) is 71.1 Å². The fourth-order valence-corrected chi connectivity index (χ4v) is 5.81. The van der Waals surface area contributed by atoms with Crippen molar-refractivity contribution >= 4 is 21.9 Å². The van der Waals surface area contributed by atoms with Crippen LogP contribution >= 0.6 is 0 Å². The summed E-state index contributed by atoms with van der Waals surface area (Å²) >= 11 is 0. The van der Waals surface area contributed by atoms with Crippen LogP contribution in [0.3, 0.4) is 0 Å². The molecule has 39 heavy (non-hydrogen) atoms. The largest absolute Gasteiger partial charge is 0.485 e. The number of aliphatic hydroxyl groups is 1. The Kier molecular flexibility index (Phi) is 7.92. The Hall–Kier alpha value is -3.61. The second kappa shape index (κ2) is 10.9. The fourth-order valence-electron chi connectivity index (χ4n) is 4.59. The summed E-state index contributed by atoms with van der Waals surface area (Å²) < 4.78 is 35.1. The fraction of sp³-hybridized carbons (Fsp3) is 0.407. The number of sulfonamides is 1. The lowest BCUT2D eigenvalue weighted by Gasteiger charge is -2.42. The second-order valence-corrected chi connectivity index (χ2v) is 12.0. The third kappa shape index (κ3) is 6.02. The number of hydrogen-bond donors (Lipinski definition) is 5. The number of rotatable bonds is 9. The second-order valence-electron chi connectivity index (χ2n) is 10.3. The molecule has 0 saturated heterocycles. The van der Waals surface area contributed by atoms with Crippen LogP contribution in [0.25, 0.3) is 0 Å². The van der Waals surface area contributed by atoms with Crippen LogP contribution in [0.4, 0.5) is 0 Å². The molecule has 0 saturated carbocycles. The predicted molar refractivity (Wildman–Crippen MR) is 143 cm³/mol. The van der Waals surface area contributed by atoms with Crippen molar-refractivity contribution in [1.82, 2.24) is 20.3 Å². The van der Waals surface area contributed by atoms with Gasteiger partial charge in [-0.05, 0) is 56.2 Å². The Morgan fingerprint density at radius 2 is 1.90 bits per heavy atom. The molecule has 0 aliphatic carbocycles. The Labute approximate surface area is 227 Å². The van der Waals surface area contributed by atoms with Gasteiger partial charge in [0.25, 0.3) is 5.91 Å². The van der Waals surface area contributed by atoms with Crippen LogP contribution in [0, 0.1) is 0 Å². The van der Waals surface area contributed by atoms with E-state index >= 15 is 0 Å². The SMILES string of the molecule is CCc1ccc(S(=O)(=O)N[C@@H]2c3cc(C(=O)N[C@H](CC4=CNCN4C)C(=O)O)ccc3OC(C)(C)[C@H]2O)cc1. The van der Waals surface area contributed by atoms with Gasteiger partial charge < -0.3 is 30.5 Å². The van der Waals surface area contributed by atoms with E-state index in [9.17, 15) is 28.2 Å². The third-order valence-corrected chi connectivity index (χ3v) is 8.49. The highest BCUT2D eigenvalue weighted by Gasteiger charge is 2.45. The zero-order valence-electron chi connectivity index (χ0n) is 22.3.